The Morgan fingerprint density at radius 1 is 1.24 bits per heavy atom. The molecule has 1 unspecified atom stereocenters. The zero-order valence-corrected chi connectivity index (χ0v) is 15.2. The number of amides is 2. The highest BCUT2D eigenvalue weighted by molar-refractivity contribution is 5.97. The lowest BCUT2D eigenvalue weighted by Crippen LogP contribution is -2.35. The standard InChI is InChI=1S/C19H25N3O2.ClH/c23-17-6-1-2-11-22(17)15-5-3-4-14(12-15)21-18(24)16-13-19(16)7-9-20-10-8-19;/h3-5,12,16,20H,1-2,6-11,13H2,(H,21,24);1H. The minimum atomic E-state index is 0. The molecule has 3 fully saturated rings. The molecule has 0 radical (unpaired) electrons. The van der Waals surface area contributed by atoms with Crippen LogP contribution < -0.4 is 15.5 Å². The number of nitrogens with zero attached hydrogens (tertiary/aromatic N) is 1. The molecule has 2 heterocycles. The lowest BCUT2D eigenvalue weighted by Gasteiger charge is -2.27. The lowest BCUT2D eigenvalue weighted by molar-refractivity contribution is -0.119. The molecule has 5 nitrogen and oxygen atoms in total. The van der Waals surface area contributed by atoms with E-state index in [-0.39, 0.29) is 35.6 Å². The fourth-order valence-corrected chi connectivity index (χ4v) is 4.26. The maximum Gasteiger partial charge on any atom is 0.228 e. The van der Waals surface area contributed by atoms with Crippen LogP contribution in [-0.2, 0) is 9.59 Å². The second kappa shape index (κ2) is 7.34. The van der Waals surface area contributed by atoms with Crippen LogP contribution in [0.5, 0.6) is 0 Å². The maximum atomic E-state index is 12.6. The minimum Gasteiger partial charge on any atom is -0.326 e. The number of halogens is 1. The summed E-state index contributed by atoms with van der Waals surface area (Å²) >= 11 is 0. The molecule has 25 heavy (non-hydrogen) atoms. The smallest absolute Gasteiger partial charge is 0.228 e. The van der Waals surface area contributed by atoms with Gasteiger partial charge in [-0.1, -0.05) is 6.07 Å². The Hall–Kier alpha value is -1.59. The number of anilines is 2. The summed E-state index contributed by atoms with van der Waals surface area (Å²) in [5.74, 6) is 0.472. The highest BCUT2D eigenvalue weighted by Crippen LogP contribution is 2.58. The molecule has 2 saturated heterocycles. The van der Waals surface area contributed by atoms with Gasteiger partial charge in [0.2, 0.25) is 11.8 Å². The summed E-state index contributed by atoms with van der Waals surface area (Å²) in [6.07, 6.45) is 5.87. The van der Waals surface area contributed by atoms with E-state index in [4.69, 9.17) is 0 Å². The second-order valence-corrected chi connectivity index (χ2v) is 7.41. The van der Waals surface area contributed by atoms with Crippen molar-refractivity contribution in [2.45, 2.75) is 38.5 Å². The van der Waals surface area contributed by atoms with Crippen LogP contribution >= 0.6 is 12.4 Å². The molecule has 2 N–H and O–H groups in total. The third-order valence-electron chi connectivity index (χ3n) is 5.85. The van der Waals surface area contributed by atoms with Gasteiger partial charge >= 0.3 is 0 Å². The van der Waals surface area contributed by atoms with Gasteiger partial charge in [0.25, 0.3) is 0 Å². The quantitative estimate of drug-likeness (QED) is 0.867. The second-order valence-electron chi connectivity index (χ2n) is 7.41. The van der Waals surface area contributed by atoms with E-state index in [1.54, 1.807) is 0 Å². The van der Waals surface area contributed by atoms with Crippen molar-refractivity contribution in [3.05, 3.63) is 24.3 Å². The molecular formula is C19H26ClN3O2. The SMILES string of the molecule is Cl.O=C(Nc1cccc(N2CCCCC2=O)c1)C1CC12CCNCC2. The monoisotopic (exact) mass is 363 g/mol. The van der Waals surface area contributed by atoms with E-state index in [1.807, 2.05) is 29.2 Å². The van der Waals surface area contributed by atoms with Crippen LogP contribution in [-0.4, -0.2) is 31.4 Å². The highest BCUT2D eigenvalue weighted by Gasteiger charge is 2.57. The topological polar surface area (TPSA) is 61.4 Å². The van der Waals surface area contributed by atoms with E-state index in [9.17, 15) is 9.59 Å². The third kappa shape index (κ3) is 3.67. The van der Waals surface area contributed by atoms with Crippen molar-refractivity contribution >= 4 is 35.6 Å². The van der Waals surface area contributed by atoms with E-state index >= 15 is 0 Å². The van der Waals surface area contributed by atoms with Crippen molar-refractivity contribution in [1.29, 1.82) is 0 Å². The summed E-state index contributed by atoms with van der Waals surface area (Å²) in [7, 11) is 0. The van der Waals surface area contributed by atoms with E-state index in [2.05, 4.69) is 10.6 Å². The largest absolute Gasteiger partial charge is 0.326 e. The predicted molar refractivity (Wildman–Crippen MR) is 101 cm³/mol. The number of hydrogen-bond donors (Lipinski definition) is 2. The Morgan fingerprint density at radius 2 is 2.04 bits per heavy atom. The molecule has 6 heteroatoms. The van der Waals surface area contributed by atoms with Crippen molar-refractivity contribution in [3.63, 3.8) is 0 Å². The van der Waals surface area contributed by atoms with Gasteiger partial charge in [-0.25, -0.2) is 0 Å². The van der Waals surface area contributed by atoms with Crippen LogP contribution in [0.1, 0.15) is 38.5 Å². The first-order chi connectivity index (χ1) is 11.7. The van der Waals surface area contributed by atoms with Gasteiger partial charge in [0, 0.05) is 30.3 Å². The van der Waals surface area contributed by atoms with Crippen LogP contribution in [0.2, 0.25) is 0 Å². The van der Waals surface area contributed by atoms with Gasteiger partial charge in [0.15, 0.2) is 0 Å². The van der Waals surface area contributed by atoms with Gasteiger partial charge < -0.3 is 15.5 Å². The van der Waals surface area contributed by atoms with Gasteiger partial charge in [0.1, 0.15) is 0 Å². The highest BCUT2D eigenvalue weighted by atomic mass is 35.5. The van der Waals surface area contributed by atoms with Crippen molar-refractivity contribution in [3.8, 4) is 0 Å². The summed E-state index contributed by atoms with van der Waals surface area (Å²) in [5, 5.41) is 6.44. The van der Waals surface area contributed by atoms with Gasteiger partial charge in [-0.05, 0) is 68.8 Å². The molecule has 1 aromatic rings. The predicted octanol–water partition coefficient (Wildman–Crippen LogP) is 2.95. The molecule has 1 atom stereocenters. The number of hydrogen-bond acceptors (Lipinski definition) is 3. The van der Waals surface area contributed by atoms with Crippen molar-refractivity contribution in [2.24, 2.45) is 11.3 Å². The van der Waals surface area contributed by atoms with Crippen LogP contribution in [0.25, 0.3) is 0 Å². The number of carbonyl (C=O) groups excluding carboxylic acids is 2. The summed E-state index contributed by atoms with van der Waals surface area (Å²) < 4.78 is 0. The van der Waals surface area contributed by atoms with Crippen LogP contribution in [0.3, 0.4) is 0 Å². The number of carbonyl (C=O) groups is 2. The maximum absolute atomic E-state index is 12.6. The summed E-state index contributed by atoms with van der Waals surface area (Å²) in [6.45, 7) is 2.82. The first-order valence-corrected chi connectivity index (χ1v) is 9.10. The molecule has 0 bridgehead atoms. The Morgan fingerprint density at radius 3 is 2.80 bits per heavy atom. The Bertz CT molecular complexity index is 658. The summed E-state index contributed by atoms with van der Waals surface area (Å²) in [6, 6.07) is 7.70. The average Bonchev–Trinajstić information content (AvgIpc) is 3.29. The molecule has 1 aliphatic carbocycles. The van der Waals surface area contributed by atoms with Crippen molar-refractivity contribution < 1.29 is 9.59 Å². The fraction of sp³-hybridized carbons (Fsp3) is 0.579. The number of piperidine rings is 2. The average molecular weight is 364 g/mol. The van der Waals surface area contributed by atoms with Gasteiger partial charge in [0.05, 0.1) is 0 Å². The Balaban J connectivity index is 0.00000182. The van der Waals surface area contributed by atoms with Gasteiger partial charge in [-0.2, -0.15) is 0 Å². The van der Waals surface area contributed by atoms with Crippen molar-refractivity contribution in [2.75, 3.05) is 29.9 Å². The summed E-state index contributed by atoms with van der Waals surface area (Å²) in [5.41, 5.74) is 1.94. The Kier molecular flexibility index (Phi) is 5.35. The van der Waals surface area contributed by atoms with E-state index in [1.165, 1.54) is 0 Å². The molecule has 1 spiro atoms. The third-order valence-corrected chi connectivity index (χ3v) is 5.85. The molecule has 2 amide bonds. The van der Waals surface area contributed by atoms with Crippen LogP contribution in [0.15, 0.2) is 24.3 Å². The number of nitrogens with one attached hydrogen (secondary N) is 2. The fourth-order valence-electron chi connectivity index (χ4n) is 4.26. The Labute approximate surface area is 154 Å². The molecule has 0 aromatic heterocycles. The van der Waals surface area contributed by atoms with E-state index in [0.717, 1.165) is 63.1 Å². The normalized spacial score (nSPS) is 24.6. The van der Waals surface area contributed by atoms with Crippen LogP contribution in [0, 0.1) is 11.3 Å². The molecule has 1 aromatic carbocycles. The zero-order chi connectivity index (χ0) is 16.6. The first-order valence-electron chi connectivity index (χ1n) is 9.10. The minimum absolute atomic E-state index is 0. The lowest BCUT2D eigenvalue weighted by atomic mass is 9.92. The molecule has 2 aliphatic heterocycles. The molecule has 1 saturated carbocycles. The van der Waals surface area contributed by atoms with Crippen LogP contribution in [0.4, 0.5) is 11.4 Å². The first kappa shape index (κ1) is 18.2. The molecular weight excluding hydrogens is 338 g/mol. The molecule has 3 aliphatic rings. The van der Waals surface area contributed by atoms with Gasteiger partial charge in [-0.3, -0.25) is 9.59 Å². The van der Waals surface area contributed by atoms with Gasteiger partial charge in [-0.15, -0.1) is 12.4 Å². The molecule has 4 rings (SSSR count). The van der Waals surface area contributed by atoms with E-state index in [0.29, 0.717) is 6.42 Å². The number of benzene rings is 1. The number of rotatable bonds is 3. The molecule has 136 valence electrons. The van der Waals surface area contributed by atoms with Crippen molar-refractivity contribution in [1.82, 2.24) is 5.32 Å². The van der Waals surface area contributed by atoms with E-state index < -0.39 is 0 Å². The summed E-state index contributed by atoms with van der Waals surface area (Å²) in [4.78, 5) is 26.5. The zero-order valence-electron chi connectivity index (χ0n) is 14.4.